The highest BCUT2D eigenvalue weighted by Crippen LogP contribution is 2.40. The van der Waals surface area contributed by atoms with Gasteiger partial charge in [0.25, 0.3) is 0 Å². The Balaban J connectivity index is 2.11. The Morgan fingerprint density at radius 3 is 2.85 bits per heavy atom. The molecule has 3 rings (SSSR count). The minimum atomic E-state index is -0.0750. The van der Waals surface area contributed by atoms with Crippen molar-refractivity contribution >= 4 is 22.6 Å². The molecule has 2 aromatic heterocycles. The molecule has 0 aromatic carbocycles. The second kappa shape index (κ2) is 5.36. The van der Waals surface area contributed by atoms with Crippen LogP contribution in [0.15, 0.2) is 18.5 Å². The lowest BCUT2D eigenvalue weighted by atomic mass is 9.79. The van der Waals surface area contributed by atoms with E-state index in [1.165, 1.54) is 24.8 Å². The summed E-state index contributed by atoms with van der Waals surface area (Å²) in [5, 5.41) is -0.0750. The summed E-state index contributed by atoms with van der Waals surface area (Å²) in [5.74, 6) is 2.48. The molecule has 0 amide bonds. The molecular weight excluding hydrogens is 270 g/mol. The summed E-state index contributed by atoms with van der Waals surface area (Å²) < 4.78 is 2.38. The maximum Gasteiger partial charge on any atom is 0.128 e. The Bertz CT molecular complexity index is 605. The predicted molar refractivity (Wildman–Crippen MR) is 83.0 cm³/mol. The Kier molecular flexibility index (Phi) is 3.72. The van der Waals surface area contributed by atoms with Gasteiger partial charge < -0.3 is 4.57 Å². The summed E-state index contributed by atoms with van der Waals surface area (Å²) in [7, 11) is 0. The number of nitrogens with zero attached hydrogens (tertiary/aromatic N) is 3. The van der Waals surface area contributed by atoms with Crippen LogP contribution in [-0.2, 0) is 0 Å². The number of fused-ring (bicyclic) bond motifs is 1. The quantitative estimate of drug-likeness (QED) is 0.749. The van der Waals surface area contributed by atoms with Crippen molar-refractivity contribution in [3.8, 4) is 0 Å². The Labute approximate surface area is 125 Å². The smallest absolute Gasteiger partial charge is 0.128 e. The highest BCUT2D eigenvalue weighted by Gasteiger charge is 2.30. The normalized spacial score (nSPS) is 28.7. The van der Waals surface area contributed by atoms with Gasteiger partial charge >= 0.3 is 0 Å². The van der Waals surface area contributed by atoms with E-state index >= 15 is 0 Å². The maximum absolute atomic E-state index is 6.37. The van der Waals surface area contributed by atoms with Gasteiger partial charge in [0.15, 0.2) is 0 Å². The van der Waals surface area contributed by atoms with E-state index < -0.39 is 0 Å². The molecule has 4 unspecified atom stereocenters. The van der Waals surface area contributed by atoms with E-state index in [1.54, 1.807) is 0 Å². The fraction of sp³-hybridized carbons (Fsp3) is 0.625. The molecule has 20 heavy (non-hydrogen) atoms. The molecule has 2 aromatic rings. The van der Waals surface area contributed by atoms with Crippen molar-refractivity contribution in [2.75, 3.05) is 0 Å². The van der Waals surface area contributed by atoms with Crippen LogP contribution in [0.5, 0.6) is 0 Å². The first-order chi connectivity index (χ1) is 9.58. The van der Waals surface area contributed by atoms with Gasteiger partial charge in [0.05, 0.1) is 17.1 Å². The van der Waals surface area contributed by atoms with Gasteiger partial charge in [-0.1, -0.05) is 13.8 Å². The third kappa shape index (κ3) is 2.32. The predicted octanol–water partition coefficient (Wildman–Crippen LogP) is 4.73. The number of halogens is 1. The SMILES string of the molecule is CC1CCC(n2c(C(C)Cl)nc3cnccc32)C(C)C1. The fourth-order valence-electron chi connectivity index (χ4n) is 3.63. The van der Waals surface area contributed by atoms with Crippen LogP contribution in [0.2, 0.25) is 0 Å². The summed E-state index contributed by atoms with van der Waals surface area (Å²) in [6.07, 6.45) is 7.47. The molecular formula is C16H22ClN3. The van der Waals surface area contributed by atoms with E-state index in [0.717, 1.165) is 17.3 Å². The Morgan fingerprint density at radius 1 is 1.35 bits per heavy atom. The Morgan fingerprint density at radius 2 is 2.15 bits per heavy atom. The summed E-state index contributed by atoms with van der Waals surface area (Å²) in [6.45, 7) is 6.71. The van der Waals surface area contributed by atoms with Gasteiger partial charge in [-0.3, -0.25) is 4.98 Å². The van der Waals surface area contributed by atoms with Crippen molar-refractivity contribution in [2.45, 2.75) is 51.5 Å². The summed E-state index contributed by atoms with van der Waals surface area (Å²) in [5.41, 5.74) is 2.13. The van der Waals surface area contributed by atoms with Crippen molar-refractivity contribution in [3.05, 3.63) is 24.3 Å². The molecule has 108 valence electrons. The first-order valence-corrected chi connectivity index (χ1v) is 7.97. The first kappa shape index (κ1) is 13.9. The molecule has 0 radical (unpaired) electrons. The standard InChI is InChI=1S/C16H22ClN3/c1-10-4-5-14(11(2)8-10)20-15-6-7-18-9-13(15)19-16(20)12(3)17/h6-7,9-12,14H,4-5,8H2,1-3H3. The summed E-state index contributed by atoms with van der Waals surface area (Å²) in [4.78, 5) is 8.89. The monoisotopic (exact) mass is 291 g/mol. The van der Waals surface area contributed by atoms with E-state index in [1.807, 2.05) is 19.3 Å². The lowest BCUT2D eigenvalue weighted by molar-refractivity contribution is 0.208. The third-order valence-corrected chi connectivity index (χ3v) is 4.79. The van der Waals surface area contributed by atoms with Crippen LogP contribution in [0.1, 0.15) is 57.3 Å². The van der Waals surface area contributed by atoms with E-state index in [0.29, 0.717) is 12.0 Å². The van der Waals surface area contributed by atoms with Gasteiger partial charge in [-0.15, -0.1) is 11.6 Å². The fourth-order valence-corrected chi connectivity index (χ4v) is 3.79. The van der Waals surface area contributed by atoms with Crippen LogP contribution in [0, 0.1) is 11.8 Å². The van der Waals surface area contributed by atoms with Gasteiger partial charge in [-0.25, -0.2) is 4.98 Å². The summed E-state index contributed by atoms with van der Waals surface area (Å²) in [6, 6.07) is 2.57. The molecule has 0 spiro atoms. The largest absolute Gasteiger partial charge is 0.323 e. The highest BCUT2D eigenvalue weighted by atomic mass is 35.5. The number of imidazole rings is 1. The van der Waals surface area contributed by atoms with Crippen molar-refractivity contribution in [1.29, 1.82) is 0 Å². The second-order valence-electron chi connectivity index (χ2n) is 6.28. The van der Waals surface area contributed by atoms with Crippen LogP contribution in [0.3, 0.4) is 0 Å². The molecule has 0 N–H and O–H groups in total. The number of rotatable bonds is 2. The molecule has 3 nitrogen and oxygen atoms in total. The molecule has 1 aliphatic rings. The molecule has 0 aliphatic heterocycles. The topological polar surface area (TPSA) is 30.7 Å². The maximum atomic E-state index is 6.37. The molecule has 4 atom stereocenters. The van der Waals surface area contributed by atoms with Gasteiger partial charge in [0.1, 0.15) is 11.3 Å². The van der Waals surface area contributed by atoms with Crippen molar-refractivity contribution in [2.24, 2.45) is 11.8 Å². The van der Waals surface area contributed by atoms with Crippen LogP contribution in [0.4, 0.5) is 0 Å². The van der Waals surface area contributed by atoms with E-state index in [9.17, 15) is 0 Å². The molecule has 0 bridgehead atoms. The van der Waals surface area contributed by atoms with Gasteiger partial charge in [-0.05, 0) is 44.1 Å². The molecule has 0 saturated heterocycles. The minimum Gasteiger partial charge on any atom is -0.323 e. The van der Waals surface area contributed by atoms with Crippen molar-refractivity contribution < 1.29 is 0 Å². The molecule has 4 heteroatoms. The average molecular weight is 292 g/mol. The molecule has 1 aliphatic carbocycles. The van der Waals surface area contributed by atoms with Gasteiger partial charge in [0, 0.05) is 12.2 Å². The first-order valence-electron chi connectivity index (χ1n) is 7.53. The number of alkyl halides is 1. The highest BCUT2D eigenvalue weighted by molar-refractivity contribution is 6.20. The molecule has 1 saturated carbocycles. The zero-order valence-electron chi connectivity index (χ0n) is 12.4. The minimum absolute atomic E-state index is 0.0750. The summed E-state index contributed by atoms with van der Waals surface area (Å²) >= 11 is 6.37. The van der Waals surface area contributed by atoms with Gasteiger partial charge in [0.2, 0.25) is 0 Å². The van der Waals surface area contributed by atoms with Crippen LogP contribution in [-0.4, -0.2) is 14.5 Å². The average Bonchev–Trinajstić information content (AvgIpc) is 2.78. The number of pyridine rings is 1. The van der Waals surface area contributed by atoms with E-state index in [2.05, 4.69) is 29.5 Å². The van der Waals surface area contributed by atoms with Crippen LogP contribution >= 0.6 is 11.6 Å². The number of hydrogen-bond acceptors (Lipinski definition) is 2. The zero-order valence-corrected chi connectivity index (χ0v) is 13.1. The lowest BCUT2D eigenvalue weighted by Crippen LogP contribution is -2.26. The number of aromatic nitrogens is 3. The lowest BCUT2D eigenvalue weighted by Gasteiger charge is -2.35. The third-order valence-electron chi connectivity index (χ3n) is 4.59. The van der Waals surface area contributed by atoms with E-state index in [-0.39, 0.29) is 5.38 Å². The molecule has 2 heterocycles. The van der Waals surface area contributed by atoms with E-state index in [4.69, 9.17) is 16.6 Å². The van der Waals surface area contributed by atoms with Gasteiger partial charge in [-0.2, -0.15) is 0 Å². The van der Waals surface area contributed by atoms with Crippen molar-refractivity contribution in [1.82, 2.24) is 14.5 Å². The number of hydrogen-bond donors (Lipinski definition) is 0. The van der Waals surface area contributed by atoms with Crippen LogP contribution < -0.4 is 0 Å². The Hall–Kier alpha value is -1.09. The molecule has 1 fully saturated rings. The second-order valence-corrected chi connectivity index (χ2v) is 6.94. The van der Waals surface area contributed by atoms with Crippen molar-refractivity contribution in [3.63, 3.8) is 0 Å². The zero-order chi connectivity index (χ0) is 14.3. The van der Waals surface area contributed by atoms with Crippen LogP contribution in [0.25, 0.3) is 11.0 Å².